The maximum absolute atomic E-state index is 12.3. The first-order valence-electron chi connectivity index (χ1n) is 5.55. The Labute approximate surface area is 132 Å². The number of non-ortho nitro benzene ring substituents is 1. The van der Waals surface area contributed by atoms with Gasteiger partial charge in [0, 0.05) is 28.1 Å². The number of rotatable bonds is 4. The van der Waals surface area contributed by atoms with Gasteiger partial charge in [-0.2, -0.15) is 0 Å². The highest BCUT2D eigenvalue weighted by molar-refractivity contribution is 14.1. The molecule has 0 fully saturated rings. The number of hydrogen-bond acceptors (Lipinski definition) is 5. The quantitative estimate of drug-likeness (QED) is 0.447. The van der Waals surface area contributed by atoms with Gasteiger partial charge in [-0.05, 0) is 28.7 Å². The van der Waals surface area contributed by atoms with E-state index in [2.05, 4.69) is 4.98 Å². The van der Waals surface area contributed by atoms with Crippen LogP contribution in [0.2, 0.25) is 0 Å². The van der Waals surface area contributed by atoms with Crippen LogP contribution in [-0.2, 0) is 6.54 Å². The Hall–Kier alpha value is -1.55. The molecular formula is C12H10IN3O3S. The van der Waals surface area contributed by atoms with Crippen LogP contribution in [0.4, 0.5) is 5.69 Å². The Morgan fingerprint density at radius 2 is 2.30 bits per heavy atom. The number of hydrogen-bond donors (Lipinski definition) is 0. The second-order valence-electron chi connectivity index (χ2n) is 4.06. The van der Waals surface area contributed by atoms with Crippen molar-refractivity contribution in [1.29, 1.82) is 0 Å². The number of carbonyl (C=O) groups is 1. The van der Waals surface area contributed by atoms with E-state index in [1.54, 1.807) is 18.6 Å². The van der Waals surface area contributed by atoms with Crippen molar-refractivity contribution in [3.63, 3.8) is 0 Å². The van der Waals surface area contributed by atoms with Crippen molar-refractivity contribution in [2.45, 2.75) is 6.54 Å². The highest BCUT2D eigenvalue weighted by Crippen LogP contribution is 2.21. The van der Waals surface area contributed by atoms with Crippen LogP contribution in [0.15, 0.2) is 29.1 Å². The maximum Gasteiger partial charge on any atom is 0.270 e. The molecule has 0 aliphatic heterocycles. The minimum atomic E-state index is -0.507. The molecule has 0 radical (unpaired) electrons. The molecule has 0 bridgehead atoms. The normalized spacial score (nSPS) is 10.3. The predicted octanol–water partition coefficient (Wildman–Crippen LogP) is 2.93. The van der Waals surface area contributed by atoms with Crippen LogP contribution in [0.3, 0.4) is 0 Å². The molecule has 6 nitrogen and oxygen atoms in total. The first-order valence-corrected chi connectivity index (χ1v) is 7.57. The van der Waals surface area contributed by atoms with Gasteiger partial charge in [-0.15, -0.1) is 11.3 Å². The number of aromatic nitrogens is 1. The highest BCUT2D eigenvalue weighted by Gasteiger charge is 2.19. The largest absolute Gasteiger partial charge is 0.336 e. The number of nitro benzene ring substituents is 1. The number of benzene rings is 1. The van der Waals surface area contributed by atoms with Crippen LogP contribution in [0, 0.1) is 13.7 Å². The zero-order valence-electron chi connectivity index (χ0n) is 10.4. The Kier molecular flexibility index (Phi) is 4.65. The van der Waals surface area contributed by atoms with E-state index in [9.17, 15) is 14.9 Å². The third kappa shape index (κ3) is 3.31. The summed E-state index contributed by atoms with van der Waals surface area (Å²) >= 11 is 3.45. The van der Waals surface area contributed by atoms with Crippen LogP contribution in [0.25, 0.3) is 0 Å². The Balaban J connectivity index is 2.23. The molecule has 20 heavy (non-hydrogen) atoms. The van der Waals surface area contributed by atoms with Crippen molar-refractivity contribution in [3.05, 3.63) is 54.0 Å². The molecular weight excluding hydrogens is 393 g/mol. The summed E-state index contributed by atoms with van der Waals surface area (Å²) in [5.41, 5.74) is 2.74. The highest BCUT2D eigenvalue weighted by atomic mass is 127. The average Bonchev–Trinajstić information content (AvgIpc) is 2.91. The van der Waals surface area contributed by atoms with Gasteiger partial charge in [0.2, 0.25) is 0 Å². The zero-order chi connectivity index (χ0) is 14.7. The first kappa shape index (κ1) is 14.9. The predicted molar refractivity (Wildman–Crippen MR) is 83.7 cm³/mol. The van der Waals surface area contributed by atoms with Crippen molar-refractivity contribution in [1.82, 2.24) is 9.88 Å². The zero-order valence-corrected chi connectivity index (χ0v) is 13.4. The topological polar surface area (TPSA) is 76.3 Å². The minimum absolute atomic E-state index is 0.0872. The van der Waals surface area contributed by atoms with Crippen molar-refractivity contribution < 1.29 is 9.72 Å². The van der Waals surface area contributed by atoms with E-state index in [-0.39, 0.29) is 11.6 Å². The van der Waals surface area contributed by atoms with Gasteiger partial charge in [0.15, 0.2) is 0 Å². The summed E-state index contributed by atoms with van der Waals surface area (Å²) in [5.74, 6) is -0.258. The standard InChI is InChI=1S/C12H10IN3O3S/c1-15(5-8-6-20-7-14-8)12(17)10-4-9(16(18)19)2-3-11(10)13/h2-4,6-7H,5H2,1H3. The number of carbonyl (C=O) groups excluding carboxylic acids is 1. The molecule has 0 unspecified atom stereocenters. The Morgan fingerprint density at radius 3 is 2.90 bits per heavy atom. The SMILES string of the molecule is CN(Cc1cscn1)C(=O)c1cc([N+](=O)[O-])ccc1I. The maximum atomic E-state index is 12.3. The average molecular weight is 403 g/mol. The molecule has 1 heterocycles. The molecule has 0 saturated carbocycles. The molecule has 1 amide bonds. The fraction of sp³-hybridized carbons (Fsp3) is 0.167. The van der Waals surface area contributed by atoms with Gasteiger partial charge in [0.05, 0.1) is 28.2 Å². The number of thiazole rings is 1. The molecule has 0 aliphatic rings. The molecule has 1 aromatic carbocycles. The van der Waals surface area contributed by atoms with Crippen molar-refractivity contribution >= 4 is 45.5 Å². The van der Waals surface area contributed by atoms with E-state index in [1.807, 2.05) is 28.0 Å². The second kappa shape index (κ2) is 6.27. The van der Waals surface area contributed by atoms with E-state index in [1.165, 1.54) is 28.4 Å². The van der Waals surface area contributed by atoms with Crippen molar-refractivity contribution in [3.8, 4) is 0 Å². The molecule has 2 aromatic rings. The summed E-state index contributed by atoms with van der Waals surface area (Å²) in [6, 6.07) is 4.27. The molecule has 0 atom stereocenters. The summed E-state index contributed by atoms with van der Waals surface area (Å²) in [7, 11) is 1.65. The molecule has 104 valence electrons. The number of nitrogens with zero attached hydrogens (tertiary/aromatic N) is 3. The van der Waals surface area contributed by atoms with E-state index in [4.69, 9.17) is 0 Å². The van der Waals surface area contributed by atoms with Gasteiger partial charge < -0.3 is 4.90 Å². The monoisotopic (exact) mass is 403 g/mol. The van der Waals surface area contributed by atoms with E-state index >= 15 is 0 Å². The third-order valence-corrected chi connectivity index (χ3v) is 4.20. The first-order chi connectivity index (χ1) is 9.49. The summed E-state index contributed by atoms with van der Waals surface area (Å²) in [6.45, 7) is 0.376. The van der Waals surface area contributed by atoms with E-state index in [0.29, 0.717) is 15.7 Å². The molecule has 0 saturated heterocycles. The van der Waals surface area contributed by atoms with Gasteiger partial charge in [-0.1, -0.05) is 0 Å². The molecule has 0 aliphatic carbocycles. The molecule has 8 heteroatoms. The number of amides is 1. The Morgan fingerprint density at radius 1 is 1.55 bits per heavy atom. The van der Waals surface area contributed by atoms with Crippen molar-refractivity contribution in [2.75, 3.05) is 7.05 Å². The van der Waals surface area contributed by atoms with Crippen molar-refractivity contribution in [2.24, 2.45) is 0 Å². The van der Waals surface area contributed by atoms with Crippen LogP contribution < -0.4 is 0 Å². The second-order valence-corrected chi connectivity index (χ2v) is 5.94. The smallest absolute Gasteiger partial charge is 0.270 e. The fourth-order valence-corrected chi connectivity index (χ4v) is 2.74. The lowest BCUT2D eigenvalue weighted by Crippen LogP contribution is -2.27. The minimum Gasteiger partial charge on any atom is -0.336 e. The third-order valence-electron chi connectivity index (χ3n) is 2.62. The Bertz CT molecular complexity index is 645. The van der Waals surface area contributed by atoms with Gasteiger partial charge in [0.25, 0.3) is 11.6 Å². The molecule has 0 N–H and O–H groups in total. The molecule has 2 rings (SSSR count). The molecule has 1 aromatic heterocycles. The van der Waals surface area contributed by atoms with Gasteiger partial charge in [-0.25, -0.2) is 4.98 Å². The summed E-state index contributed by atoms with van der Waals surface area (Å²) in [5, 5.41) is 12.6. The van der Waals surface area contributed by atoms with Crippen LogP contribution in [0.5, 0.6) is 0 Å². The summed E-state index contributed by atoms with van der Waals surface area (Å²) < 4.78 is 0.684. The lowest BCUT2D eigenvalue weighted by Gasteiger charge is -2.16. The van der Waals surface area contributed by atoms with Crippen LogP contribution in [-0.4, -0.2) is 27.8 Å². The van der Waals surface area contributed by atoms with Gasteiger partial charge in [-0.3, -0.25) is 14.9 Å². The lowest BCUT2D eigenvalue weighted by molar-refractivity contribution is -0.384. The van der Waals surface area contributed by atoms with E-state index < -0.39 is 4.92 Å². The summed E-state index contributed by atoms with van der Waals surface area (Å²) in [6.07, 6.45) is 0. The van der Waals surface area contributed by atoms with Crippen LogP contribution in [0.1, 0.15) is 16.1 Å². The fourth-order valence-electron chi connectivity index (χ4n) is 1.63. The van der Waals surface area contributed by atoms with Gasteiger partial charge >= 0.3 is 0 Å². The summed E-state index contributed by atoms with van der Waals surface area (Å²) in [4.78, 5) is 28.2. The van der Waals surface area contributed by atoms with Crippen LogP contribution >= 0.6 is 33.9 Å². The number of nitro groups is 1. The lowest BCUT2D eigenvalue weighted by atomic mass is 10.2. The van der Waals surface area contributed by atoms with Gasteiger partial charge in [0.1, 0.15) is 0 Å². The van der Waals surface area contributed by atoms with E-state index in [0.717, 1.165) is 5.69 Å². The number of halogens is 1. The molecule has 0 spiro atoms.